The van der Waals surface area contributed by atoms with Crippen LogP contribution in [0.3, 0.4) is 0 Å². The molecule has 1 heterocycles. The number of rotatable bonds is 7. The molecule has 0 radical (unpaired) electrons. The highest BCUT2D eigenvalue weighted by molar-refractivity contribution is 5.93. The highest BCUT2D eigenvalue weighted by Gasteiger charge is 2.31. The van der Waals surface area contributed by atoms with Gasteiger partial charge < -0.3 is 20.9 Å². The van der Waals surface area contributed by atoms with Crippen LogP contribution in [-0.4, -0.2) is 41.9 Å². The van der Waals surface area contributed by atoms with E-state index in [0.717, 1.165) is 38.5 Å². The summed E-state index contributed by atoms with van der Waals surface area (Å²) in [4.78, 5) is 38.5. The summed E-state index contributed by atoms with van der Waals surface area (Å²) >= 11 is 0. The molecular weight excluding hydrogens is 356 g/mol. The molecule has 0 aromatic heterocycles. The van der Waals surface area contributed by atoms with Gasteiger partial charge in [0.15, 0.2) is 0 Å². The highest BCUT2D eigenvalue weighted by Crippen LogP contribution is 2.23. The maximum absolute atomic E-state index is 12.6. The number of carbonyl (C=O) groups is 3. The third-order valence-corrected chi connectivity index (χ3v) is 5.16. The molecule has 0 bridgehead atoms. The Morgan fingerprint density at radius 1 is 1.11 bits per heavy atom. The Labute approximate surface area is 166 Å². The van der Waals surface area contributed by atoms with Crippen LogP contribution >= 0.6 is 0 Å². The molecule has 4 amide bonds. The zero-order valence-electron chi connectivity index (χ0n) is 16.5. The van der Waals surface area contributed by atoms with E-state index < -0.39 is 0 Å². The van der Waals surface area contributed by atoms with Crippen LogP contribution in [0.25, 0.3) is 0 Å². The van der Waals surface area contributed by atoms with Gasteiger partial charge in [0.25, 0.3) is 0 Å². The number of piperidine rings is 1. The first-order valence-corrected chi connectivity index (χ1v) is 10.3. The monoisotopic (exact) mass is 386 g/mol. The zero-order chi connectivity index (χ0) is 19.9. The summed E-state index contributed by atoms with van der Waals surface area (Å²) in [5.41, 5.74) is 1.29. The van der Waals surface area contributed by atoms with Crippen molar-refractivity contribution in [3.8, 4) is 0 Å². The number of hydrogen-bond acceptors (Lipinski definition) is 3. The lowest BCUT2D eigenvalue weighted by Crippen LogP contribution is -2.47. The van der Waals surface area contributed by atoms with Crippen LogP contribution in [0.5, 0.6) is 0 Å². The molecule has 28 heavy (non-hydrogen) atoms. The molecule has 7 heteroatoms. The number of urea groups is 1. The zero-order valence-corrected chi connectivity index (χ0v) is 16.5. The summed E-state index contributed by atoms with van der Waals surface area (Å²) in [6.07, 6.45) is 6.09. The second kappa shape index (κ2) is 9.57. The minimum absolute atomic E-state index is 0.0223. The average molecular weight is 386 g/mol. The second-order valence-electron chi connectivity index (χ2n) is 7.73. The predicted octanol–water partition coefficient (Wildman–Crippen LogP) is 3.34. The van der Waals surface area contributed by atoms with Gasteiger partial charge in [0.2, 0.25) is 11.8 Å². The van der Waals surface area contributed by atoms with Gasteiger partial charge in [0.05, 0.1) is 5.92 Å². The molecule has 7 nitrogen and oxygen atoms in total. The lowest BCUT2D eigenvalue weighted by atomic mass is 9.97. The lowest BCUT2D eigenvalue weighted by molar-refractivity contribution is -0.126. The van der Waals surface area contributed by atoms with Gasteiger partial charge in [-0.05, 0) is 50.3 Å². The van der Waals surface area contributed by atoms with E-state index in [1.54, 1.807) is 29.2 Å². The van der Waals surface area contributed by atoms with Crippen molar-refractivity contribution in [3.05, 3.63) is 24.3 Å². The molecule has 1 aromatic rings. The maximum atomic E-state index is 12.6. The number of anilines is 2. The van der Waals surface area contributed by atoms with Gasteiger partial charge in [-0.2, -0.15) is 0 Å². The lowest BCUT2D eigenvalue weighted by Gasteiger charge is -2.32. The van der Waals surface area contributed by atoms with Crippen LogP contribution in [0.2, 0.25) is 0 Å². The Balaban J connectivity index is 1.52. The molecule has 3 rings (SSSR count). The molecular formula is C21H30N4O3. The van der Waals surface area contributed by atoms with E-state index in [-0.39, 0.29) is 23.8 Å². The quantitative estimate of drug-likeness (QED) is 0.671. The molecule has 1 unspecified atom stereocenters. The Hall–Kier alpha value is -2.57. The van der Waals surface area contributed by atoms with E-state index in [9.17, 15) is 14.4 Å². The number of amides is 4. The van der Waals surface area contributed by atoms with Crippen LogP contribution in [0.15, 0.2) is 24.3 Å². The van der Waals surface area contributed by atoms with Gasteiger partial charge in [-0.25, -0.2) is 4.79 Å². The Morgan fingerprint density at radius 3 is 2.57 bits per heavy atom. The summed E-state index contributed by atoms with van der Waals surface area (Å²) in [6, 6.07) is 7.28. The molecule has 152 valence electrons. The van der Waals surface area contributed by atoms with Gasteiger partial charge in [-0.3, -0.25) is 9.59 Å². The first kappa shape index (κ1) is 20.2. The Morgan fingerprint density at radius 2 is 1.86 bits per heavy atom. The molecule has 3 N–H and O–H groups in total. The van der Waals surface area contributed by atoms with E-state index in [0.29, 0.717) is 36.9 Å². The number of unbranched alkanes of at least 4 members (excludes halogenated alkanes) is 1. The standard InChI is InChI=1S/C21H30N4O3/c1-2-3-9-19(26)22-17-7-4-8-18(13-17)24-21(28)25-12-5-6-15(14-25)20(27)23-16-10-11-16/h4,7-8,13,15-16H,2-3,5-6,9-12,14H2,1H3,(H,22,26)(H,23,27)(H,24,28). The summed E-state index contributed by atoms with van der Waals surface area (Å²) in [5, 5.41) is 8.78. The molecule has 0 spiro atoms. The SMILES string of the molecule is CCCCC(=O)Nc1cccc(NC(=O)N2CCCC(C(=O)NC3CC3)C2)c1. The number of hydrogen-bond donors (Lipinski definition) is 3. The molecule has 2 aliphatic rings. The summed E-state index contributed by atoms with van der Waals surface area (Å²) < 4.78 is 0. The second-order valence-corrected chi connectivity index (χ2v) is 7.73. The van der Waals surface area contributed by atoms with E-state index >= 15 is 0 Å². The number of benzene rings is 1. The van der Waals surface area contributed by atoms with E-state index in [1.807, 2.05) is 6.92 Å². The fourth-order valence-corrected chi connectivity index (χ4v) is 3.36. The van der Waals surface area contributed by atoms with E-state index in [4.69, 9.17) is 0 Å². The number of nitrogens with zero attached hydrogens (tertiary/aromatic N) is 1. The molecule has 1 saturated heterocycles. The van der Waals surface area contributed by atoms with Gasteiger partial charge >= 0.3 is 6.03 Å². The Bertz CT molecular complexity index is 717. The molecule has 2 fully saturated rings. The summed E-state index contributed by atoms with van der Waals surface area (Å²) in [5.74, 6) is -0.0908. The van der Waals surface area contributed by atoms with Gasteiger partial charge in [-0.15, -0.1) is 0 Å². The molecule has 1 atom stereocenters. The van der Waals surface area contributed by atoms with Crippen LogP contribution in [0.1, 0.15) is 51.9 Å². The van der Waals surface area contributed by atoms with Gasteiger partial charge in [0, 0.05) is 36.9 Å². The predicted molar refractivity (Wildman–Crippen MR) is 109 cm³/mol. The number of likely N-dealkylation sites (tertiary alicyclic amines) is 1. The summed E-state index contributed by atoms with van der Waals surface area (Å²) in [6.45, 7) is 3.13. The van der Waals surface area contributed by atoms with Crippen molar-refractivity contribution in [1.29, 1.82) is 0 Å². The van der Waals surface area contributed by atoms with Crippen molar-refractivity contribution in [2.75, 3.05) is 23.7 Å². The van der Waals surface area contributed by atoms with Crippen molar-refractivity contribution in [2.24, 2.45) is 5.92 Å². The number of nitrogens with one attached hydrogen (secondary N) is 3. The Kier molecular flexibility index (Phi) is 6.90. The third kappa shape index (κ3) is 5.97. The van der Waals surface area contributed by atoms with Crippen LogP contribution in [0, 0.1) is 5.92 Å². The van der Waals surface area contributed by atoms with Crippen molar-refractivity contribution >= 4 is 29.2 Å². The van der Waals surface area contributed by atoms with Crippen molar-refractivity contribution in [2.45, 2.75) is 57.9 Å². The van der Waals surface area contributed by atoms with Crippen molar-refractivity contribution in [1.82, 2.24) is 10.2 Å². The summed E-state index contributed by atoms with van der Waals surface area (Å²) in [7, 11) is 0. The smallest absolute Gasteiger partial charge is 0.321 e. The van der Waals surface area contributed by atoms with E-state index in [2.05, 4.69) is 16.0 Å². The number of carbonyl (C=O) groups excluding carboxylic acids is 3. The van der Waals surface area contributed by atoms with Crippen LogP contribution in [-0.2, 0) is 9.59 Å². The topological polar surface area (TPSA) is 90.5 Å². The maximum Gasteiger partial charge on any atom is 0.321 e. The van der Waals surface area contributed by atoms with Crippen LogP contribution < -0.4 is 16.0 Å². The minimum Gasteiger partial charge on any atom is -0.353 e. The first-order chi connectivity index (χ1) is 13.5. The molecule has 1 aliphatic carbocycles. The van der Waals surface area contributed by atoms with Gasteiger partial charge in [0.1, 0.15) is 0 Å². The third-order valence-electron chi connectivity index (χ3n) is 5.16. The fraction of sp³-hybridized carbons (Fsp3) is 0.571. The van der Waals surface area contributed by atoms with Gasteiger partial charge in [-0.1, -0.05) is 19.4 Å². The molecule has 1 aromatic carbocycles. The first-order valence-electron chi connectivity index (χ1n) is 10.3. The average Bonchev–Trinajstić information content (AvgIpc) is 3.50. The molecule has 1 saturated carbocycles. The largest absolute Gasteiger partial charge is 0.353 e. The van der Waals surface area contributed by atoms with Crippen LogP contribution in [0.4, 0.5) is 16.2 Å². The molecule has 1 aliphatic heterocycles. The highest BCUT2D eigenvalue weighted by atomic mass is 16.2. The fourth-order valence-electron chi connectivity index (χ4n) is 3.36. The van der Waals surface area contributed by atoms with E-state index in [1.165, 1.54) is 0 Å². The normalized spacial score (nSPS) is 19.0. The van der Waals surface area contributed by atoms with Crippen molar-refractivity contribution < 1.29 is 14.4 Å². The van der Waals surface area contributed by atoms with Crippen molar-refractivity contribution in [3.63, 3.8) is 0 Å². The minimum atomic E-state index is -0.210.